The number of aromatic nitrogens is 2. The number of hydrogen-bond acceptors (Lipinski definition) is 5. The lowest BCUT2D eigenvalue weighted by molar-refractivity contribution is 0.0954. The molecule has 2 aromatic carbocycles. The summed E-state index contributed by atoms with van der Waals surface area (Å²) in [4.78, 5) is 41.7. The largest absolute Gasteiger partial charge is 0.351 e. The van der Waals surface area contributed by atoms with Crippen molar-refractivity contribution in [2.24, 2.45) is 5.73 Å². The van der Waals surface area contributed by atoms with Gasteiger partial charge in [0.2, 0.25) is 5.78 Å². The lowest BCUT2D eigenvalue weighted by Crippen LogP contribution is -2.29. The first-order valence-corrected chi connectivity index (χ1v) is 7.91. The number of nitrogens with two attached hydrogens (primary N) is 1. The molecule has 0 fully saturated rings. The lowest BCUT2D eigenvalue weighted by atomic mass is 10.1. The number of hydrogen-bond donors (Lipinski definition) is 2. The second-order valence-electron chi connectivity index (χ2n) is 5.84. The summed E-state index contributed by atoms with van der Waals surface area (Å²) in [5.41, 5.74) is 5.84. The average molecular weight is 352 g/mol. The van der Waals surface area contributed by atoms with Crippen LogP contribution in [0.1, 0.15) is 26.5 Å². The molecular formula is C18H13FN4O3. The zero-order valence-corrected chi connectivity index (χ0v) is 13.5. The van der Waals surface area contributed by atoms with Crippen molar-refractivity contribution in [3.05, 3.63) is 69.5 Å². The molecule has 130 valence electrons. The van der Waals surface area contributed by atoms with E-state index in [9.17, 15) is 18.8 Å². The van der Waals surface area contributed by atoms with Crippen LogP contribution in [0.2, 0.25) is 0 Å². The molecule has 0 spiro atoms. The summed E-state index contributed by atoms with van der Waals surface area (Å²) in [5, 5.41) is 2.83. The third kappa shape index (κ3) is 2.31. The SMILES string of the molecule is NCCNC(=O)c1ccc2c(c1)C(=O)c1nc3cc(F)ccc3c(=O)n1-2. The van der Waals surface area contributed by atoms with Crippen molar-refractivity contribution in [2.45, 2.75) is 0 Å². The number of fused-ring (bicyclic) bond motifs is 4. The van der Waals surface area contributed by atoms with Gasteiger partial charge in [0.05, 0.1) is 22.2 Å². The van der Waals surface area contributed by atoms with E-state index in [1.165, 1.54) is 34.9 Å². The smallest absolute Gasteiger partial charge is 0.266 e. The molecule has 26 heavy (non-hydrogen) atoms. The van der Waals surface area contributed by atoms with Gasteiger partial charge in [0, 0.05) is 24.7 Å². The van der Waals surface area contributed by atoms with Gasteiger partial charge in [-0.15, -0.1) is 0 Å². The summed E-state index contributed by atoms with van der Waals surface area (Å²) in [5.74, 6) is -1.50. The number of nitrogens with one attached hydrogen (secondary N) is 1. The third-order valence-electron chi connectivity index (χ3n) is 4.21. The van der Waals surface area contributed by atoms with Gasteiger partial charge in [0.15, 0.2) is 5.82 Å². The predicted molar refractivity (Wildman–Crippen MR) is 92.1 cm³/mol. The van der Waals surface area contributed by atoms with Crippen molar-refractivity contribution in [3.63, 3.8) is 0 Å². The quantitative estimate of drug-likeness (QED) is 0.566. The lowest BCUT2D eigenvalue weighted by Gasteiger charge is -2.07. The molecule has 4 rings (SSSR count). The van der Waals surface area contributed by atoms with E-state index in [0.29, 0.717) is 18.8 Å². The topological polar surface area (TPSA) is 107 Å². The van der Waals surface area contributed by atoms with Crippen LogP contribution in [0, 0.1) is 5.82 Å². The van der Waals surface area contributed by atoms with Gasteiger partial charge >= 0.3 is 0 Å². The maximum Gasteiger partial charge on any atom is 0.266 e. The molecule has 3 N–H and O–H groups in total. The highest BCUT2D eigenvalue weighted by atomic mass is 19.1. The molecule has 0 aliphatic carbocycles. The highest BCUT2D eigenvalue weighted by Crippen LogP contribution is 2.27. The van der Waals surface area contributed by atoms with Crippen LogP contribution in [0.25, 0.3) is 16.6 Å². The monoisotopic (exact) mass is 352 g/mol. The molecular weight excluding hydrogens is 339 g/mol. The van der Waals surface area contributed by atoms with Crippen molar-refractivity contribution in [1.82, 2.24) is 14.9 Å². The Kier molecular flexibility index (Phi) is 3.62. The van der Waals surface area contributed by atoms with Gasteiger partial charge in [-0.25, -0.2) is 9.37 Å². The van der Waals surface area contributed by atoms with Crippen molar-refractivity contribution in [3.8, 4) is 5.69 Å². The molecule has 1 aliphatic rings. The van der Waals surface area contributed by atoms with E-state index in [1.54, 1.807) is 0 Å². The maximum atomic E-state index is 13.4. The number of carbonyl (C=O) groups excluding carboxylic acids is 2. The second-order valence-corrected chi connectivity index (χ2v) is 5.84. The van der Waals surface area contributed by atoms with E-state index in [2.05, 4.69) is 10.3 Å². The number of amides is 1. The van der Waals surface area contributed by atoms with Crippen LogP contribution in [0.15, 0.2) is 41.2 Å². The Morgan fingerprint density at radius 2 is 2.00 bits per heavy atom. The van der Waals surface area contributed by atoms with Crippen LogP contribution in [-0.4, -0.2) is 34.3 Å². The van der Waals surface area contributed by atoms with Crippen LogP contribution in [0.4, 0.5) is 4.39 Å². The molecule has 0 radical (unpaired) electrons. The summed E-state index contributed by atoms with van der Waals surface area (Å²) >= 11 is 0. The molecule has 0 bridgehead atoms. The van der Waals surface area contributed by atoms with E-state index in [-0.39, 0.29) is 33.8 Å². The Hall–Kier alpha value is -3.39. The van der Waals surface area contributed by atoms with E-state index < -0.39 is 17.2 Å². The normalized spacial score (nSPS) is 12.2. The third-order valence-corrected chi connectivity index (χ3v) is 4.21. The number of rotatable bonds is 3. The fourth-order valence-electron chi connectivity index (χ4n) is 3.00. The minimum Gasteiger partial charge on any atom is -0.351 e. The van der Waals surface area contributed by atoms with Gasteiger partial charge in [-0.05, 0) is 30.3 Å². The molecule has 1 aromatic heterocycles. The van der Waals surface area contributed by atoms with Crippen LogP contribution < -0.4 is 16.6 Å². The molecule has 2 heterocycles. The first kappa shape index (κ1) is 16.1. The molecule has 7 nitrogen and oxygen atoms in total. The zero-order valence-electron chi connectivity index (χ0n) is 13.5. The van der Waals surface area contributed by atoms with Crippen LogP contribution in [0.3, 0.4) is 0 Å². The summed E-state index contributed by atoms with van der Waals surface area (Å²) in [7, 11) is 0. The van der Waals surface area contributed by atoms with Crippen LogP contribution >= 0.6 is 0 Å². The molecule has 0 saturated carbocycles. The van der Waals surface area contributed by atoms with Gasteiger partial charge in [0.1, 0.15) is 5.82 Å². The molecule has 0 unspecified atom stereocenters. The Balaban J connectivity index is 1.88. The van der Waals surface area contributed by atoms with E-state index >= 15 is 0 Å². The summed E-state index contributed by atoms with van der Waals surface area (Å²) < 4.78 is 14.6. The van der Waals surface area contributed by atoms with Gasteiger partial charge in [0.25, 0.3) is 11.5 Å². The van der Waals surface area contributed by atoms with Crippen molar-refractivity contribution in [2.75, 3.05) is 13.1 Å². The van der Waals surface area contributed by atoms with Crippen molar-refractivity contribution >= 4 is 22.6 Å². The Morgan fingerprint density at radius 3 is 2.77 bits per heavy atom. The van der Waals surface area contributed by atoms with Gasteiger partial charge in [-0.2, -0.15) is 0 Å². The fourth-order valence-corrected chi connectivity index (χ4v) is 3.00. The van der Waals surface area contributed by atoms with E-state index in [0.717, 1.165) is 6.07 Å². The average Bonchev–Trinajstić information content (AvgIpc) is 2.91. The summed E-state index contributed by atoms with van der Waals surface area (Å²) in [6.07, 6.45) is 0. The number of carbonyl (C=O) groups is 2. The maximum absolute atomic E-state index is 13.4. The molecule has 0 saturated heterocycles. The Morgan fingerprint density at radius 1 is 1.19 bits per heavy atom. The van der Waals surface area contributed by atoms with E-state index in [4.69, 9.17) is 5.73 Å². The molecule has 0 atom stereocenters. The molecule has 8 heteroatoms. The number of halogens is 1. The van der Waals surface area contributed by atoms with Gasteiger partial charge in [-0.3, -0.25) is 19.0 Å². The molecule has 1 aliphatic heterocycles. The first-order chi connectivity index (χ1) is 12.5. The highest BCUT2D eigenvalue weighted by molar-refractivity contribution is 6.14. The number of benzene rings is 2. The van der Waals surface area contributed by atoms with Gasteiger partial charge < -0.3 is 11.1 Å². The summed E-state index contributed by atoms with van der Waals surface area (Å²) in [6.45, 7) is 0.603. The van der Waals surface area contributed by atoms with E-state index in [1.807, 2.05) is 0 Å². The molecule has 3 aromatic rings. The first-order valence-electron chi connectivity index (χ1n) is 7.91. The van der Waals surface area contributed by atoms with Gasteiger partial charge in [-0.1, -0.05) is 0 Å². The Labute approximate surface area is 146 Å². The van der Waals surface area contributed by atoms with Crippen LogP contribution in [0.5, 0.6) is 0 Å². The second kappa shape index (κ2) is 5.85. The van der Waals surface area contributed by atoms with Crippen LogP contribution in [-0.2, 0) is 0 Å². The predicted octanol–water partition coefficient (Wildman–Crippen LogP) is 0.758. The minimum atomic E-state index is -0.545. The molecule has 1 amide bonds. The fraction of sp³-hybridized carbons (Fsp3) is 0.111. The Bertz CT molecular complexity index is 1150. The number of nitrogens with zero attached hydrogens (tertiary/aromatic N) is 2. The highest BCUT2D eigenvalue weighted by Gasteiger charge is 2.31. The summed E-state index contributed by atoms with van der Waals surface area (Å²) in [6, 6.07) is 8.08. The minimum absolute atomic E-state index is 0.0948. The zero-order chi connectivity index (χ0) is 18.4. The van der Waals surface area contributed by atoms with Crippen molar-refractivity contribution < 1.29 is 14.0 Å². The number of ketones is 1. The van der Waals surface area contributed by atoms with Crippen molar-refractivity contribution in [1.29, 1.82) is 0 Å². The standard InChI is InChI=1S/C18H13FN4O3/c19-10-2-3-11-13(8-10)22-16-15(24)12-7-9(17(25)21-6-5-20)1-4-14(12)23(16)18(11)26/h1-4,7-8H,5-6,20H2,(H,21,25).